The number of aromatic nitrogens is 1. The highest BCUT2D eigenvalue weighted by molar-refractivity contribution is 7.17. The molecule has 1 aliphatic rings. The van der Waals surface area contributed by atoms with E-state index in [1.54, 1.807) is 38.1 Å². The van der Waals surface area contributed by atoms with Gasteiger partial charge >= 0.3 is 11.9 Å². The van der Waals surface area contributed by atoms with Gasteiger partial charge in [0, 0.05) is 11.1 Å². The van der Waals surface area contributed by atoms with Crippen molar-refractivity contribution in [2.45, 2.75) is 26.8 Å². The molecule has 10 heteroatoms. The molecular formula is C26H23FN2O6S. The second-order valence-electron chi connectivity index (χ2n) is 8.01. The van der Waals surface area contributed by atoms with Gasteiger partial charge in [-0.2, -0.15) is 0 Å². The largest absolute Gasteiger partial charge is 0.507 e. The lowest BCUT2D eigenvalue weighted by Crippen LogP contribution is -2.29. The number of hydrogen-bond donors (Lipinski definition) is 1. The monoisotopic (exact) mass is 510 g/mol. The van der Waals surface area contributed by atoms with Gasteiger partial charge in [0.25, 0.3) is 5.78 Å². The minimum atomic E-state index is -1.31. The van der Waals surface area contributed by atoms with E-state index in [2.05, 4.69) is 4.98 Å². The molecule has 4 rings (SSSR count). The van der Waals surface area contributed by atoms with Gasteiger partial charge in [0.15, 0.2) is 5.13 Å². The van der Waals surface area contributed by atoms with E-state index in [1.165, 1.54) is 25.3 Å². The number of halogens is 1. The second-order valence-corrected chi connectivity index (χ2v) is 8.98. The normalized spacial score (nSPS) is 16.9. The predicted octanol–water partition coefficient (Wildman–Crippen LogP) is 4.71. The van der Waals surface area contributed by atoms with E-state index < -0.39 is 35.3 Å². The summed E-state index contributed by atoms with van der Waals surface area (Å²) in [6, 6.07) is 9.18. The maximum Gasteiger partial charge on any atom is 0.350 e. The molecule has 2 heterocycles. The molecule has 0 saturated carbocycles. The number of aliphatic hydroxyl groups excluding tert-OH is 1. The van der Waals surface area contributed by atoms with Crippen LogP contribution in [-0.2, 0) is 14.3 Å². The summed E-state index contributed by atoms with van der Waals surface area (Å²) in [4.78, 5) is 44.1. The third-order valence-electron chi connectivity index (χ3n) is 5.75. The summed E-state index contributed by atoms with van der Waals surface area (Å²) in [5.41, 5.74) is 0.962. The number of rotatable bonds is 6. The topological polar surface area (TPSA) is 106 Å². The molecular weight excluding hydrogens is 487 g/mol. The zero-order valence-corrected chi connectivity index (χ0v) is 20.8. The molecule has 2 aromatic carbocycles. The molecule has 1 saturated heterocycles. The van der Waals surface area contributed by atoms with Crippen LogP contribution in [0.3, 0.4) is 0 Å². The number of methoxy groups -OCH3 is 1. The first kappa shape index (κ1) is 25.1. The Morgan fingerprint density at radius 2 is 1.92 bits per heavy atom. The van der Waals surface area contributed by atoms with Crippen molar-refractivity contribution >= 4 is 39.9 Å². The molecule has 1 amide bonds. The quantitative estimate of drug-likeness (QED) is 0.222. The summed E-state index contributed by atoms with van der Waals surface area (Å²) in [6.07, 6.45) is 0. The number of Topliss-reactive ketones (excluding diaryl/α,β-unsaturated/α-hetero) is 1. The van der Waals surface area contributed by atoms with Crippen LogP contribution in [0.2, 0.25) is 0 Å². The molecule has 36 heavy (non-hydrogen) atoms. The van der Waals surface area contributed by atoms with Crippen LogP contribution in [0.15, 0.2) is 48.0 Å². The molecule has 3 aromatic rings. The lowest BCUT2D eigenvalue weighted by molar-refractivity contribution is -0.132. The van der Waals surface area contributed by atoms with Gasteiger partial charge < -0.3 is 14.6 Å². The van der Waals surface area contributed by atoms with Gasteiger partial charge in [-0.15, -0.1) is 0 Å². The number of ketones is 1. The molecule has 0 spiro atoms. The van der Waals surface area contributed by atoms with Gasteiger partial charge in [-0.05, 0) is 50.6 Å². The first-order chi connectivity index (χ1) is 17.2. The highest BCUT2D eigenvalue weighted by Gasteiger charge is 2.49. The van der Waals surface area contributed by atoms with Gasteiger partial charge in [0.1, 0.15) is 28.2 Å². The predicted molar refractivity (Wildman–Crippen MR) is 132 cm³/mol. The Morgan fingerprint density at radius 3 is 2.56 bits per heavy atom. The molecule has 1 fully saturated rings. The van der Waals surface area contributed by atoms with Crippen LogP contribution in [0, 0.1) is 19.7 Å². The summed E-state index contributed by atoms with van der Waals surface area (Å²) < 4.78 is 25.3. The zero-order valence-electron chi connectivity index (χ0n) is 20.0. The van der Waals surface area contributed by atoms with E-state index in [-0.39, 0.29) is 32.4 Å². The highest BCUT2D eigenvalue weighted by Crippen LogP contribution is 2.44. The molecule has 1 aliphatic heterocycles. The Bertz CT molecular complexity index is 1410. The number of thiazole rings is 1. The number of hydrogen-bond acceptors (Lipinski definition) is 8. The fraction of sp³-hybridized carbons (Fsp3) is 0.231. The fourth-order valence-electron chi connectivity index (χ4n) is 4.06. The van der Waals surface area contributed by atoms with Crippen LogP contribution in [0.5, 0.6) is 5.75 Å². The Hall–Kier alpha value is -4.05. The average Bonchev–Trinajstić information content (AvgIpc) is 3.36. The lowest BCUT2D eigenvalue weighted by Gasteiger charge is -2.23. The van der Waals surface area contributed by atoms with Crippen LogP contribution < -0.4 is 9.64 Å². The molecule has 0 radical (unpaired) electrons. The van der Waals surface area contributed by atoms with Crippen molar-refractivity contribution < 1.29 is 33.4 Å². The highest BCUT2D eigenvalue weighted by atomic mass is 32.1. The first-order valence-electron chi connectivity index (χ1n) is 11.0. The number of anilines is 1. The third kappa shape index (κ3) is 4.24. The van der Waals surface area contributed by atoms with Gasteiger partial charge in [-0.25, -0.2) is 14.2 Å². The Morgan fingerprint density at radius 1 is 1.19 bits per heavy atom. The smallest absolute Gasteiger partial charge is 0.350 e. The maximum absolute atomic E-state index is 15.0. The van der Waals surface area contributed by atoms with E-state index >= 15 is 4.39 Å². The van der Waals surface area contributed by atoms with Gasteiger partial charge in [-0.3, -0.25) is 14.5 Å². The Kier molecular flexibility index (Phi) is 6.89. The van der Waals surface area contributed by atoms with Crippen molar-refractivity contribution in [2.75, 3.05) is 18.6 Å². The number of aryl methyl sites for hydroxylation is 2. The molecule has 1 aromatic heterocycles. The number of nitrogens with zero attached hydrogens (tertiary/aromatic N) is 2. The van der Waals surface area contributed by atoms with Crippen molar-refractivity contribution in [3.8, 4) is 5.75 Å². The Labute approximate surface area is 210 Å². The third-order valence-corrected chi connectivity index (χ3v) is 6.89. The van der Waals surface area contributed by atoms with Crippen molar-refractivity contribution in [3.05, 3.63) is 81.1 Å². The molecule has 1 atom stereocenters. The minimum Gasteiger partial charge on any atom is -0.507 e. The minimum absolute atomic E-state index is 0.00479. The number of amides is 1. The van der Waals surface area contributed by atoms with Crippen LogP contribution in [-0.4, -0.2) is 41.5 Å². The first-order valence-corrected chi connectivity index (χ1v) is 11.9. The number of benzene rings is 2. The molecule has 1 unspecified atom stereocenters. The summed E-state index contributed by atoms with van der Waals surface area (Å²) >= 11 is 0.843. The van der Waals surface area contributed by atoms with Crippen molar-refractivity contribution in [3.63, 3.8) is 0 Å². The summed E-state index contributed by atoms with van der Waals surface area (Å²) in [6.45, 7) is 5.63. The summed E-state index contributed by atoms with van der Waals surface area (Å²) in [5.74, 6) is -3.19. The standard InChI is InChI=1S/C26H23FN2O6S/c1-5-35-18-11-10-15(12-13(18)2)21(30)19-20(16-8-6-7-9-17(16)27)29(24(32)22(19)31)26-28-14(3)23(36-26)25(33)34-4/h6-12,20,30H,5H2,1-4H3/b21-19-. The summed E-state index contributed by atoms with van der Waals surface area (Å²) in [5, 5.41) is 11.3. The van der Waals surface area contributed by atoms with Crippen LogP contribution in [0.4, 0.5) is 9.52 Å². The van der Waals surface area contributed by atoms with E-state index in [0.717, 1.165) is 16.2 Å². The zero-order chi connectivity index (χ0) is 26.1. The molecule has 186 valence electrons. The Balaban J connectivity index is 1.93. The molecule has 1 N–H and O–H groups in total. The van der Waals surface area contributed by atoms with E-state index in [9.17, 15) is 19.5 Å². The summed E-state index contributed by atoms with van der Waals surface area (Å²) in [7, 11) is 1.21. The molecule has 8 nitrogen and oxygen atoms in total. The molecule has 0 aliphatic carbocycles. The van der Waals surface area contributed by atoms with Crippen LogP contribution in [0.1, 0.15) is 45.0 Å². The lowest BCUT2D eigenvalue weighted by atomic mass is 9.94. The van der Waals surface area contributed by atoms with Gasteiger partial charge in [0.2, 0.25) is 0 Å². The average molecular weight is 511 g/mol. The van der Waals surface area contributed by atoms with Gasteiger partial charge in [-0.1, -0.05) is 29.5 Å². The SMILES string of the molecule is CCOc1ccc(/C(O)=C2/C(=O)C(=O)N(c3nc(C)c(C(=O)OC)s3)C2c2ccccc2F)cc1C. The van der Waals surface area contributed by atoms with Crippen LogP contribution in [0.25, 0.3) is 5.76 Å². The number of ether oxygens (including phenoxy) is 2. The van der Waals surface area contributed by atoms with Crippen LogP contribution >= 0.6 is 11.3 Å². The number of carbonyl (C=O) groups is 3. The van der Waals surface area contributed by atoms with Crippen molar-refractivity contribution in [1.82, 2.24) is 4.98 Å². The second kappa shape index (κ2) is 9.90. The van der Waals surface area contributed by atoms with Crippen molar-refractivity contribution in [2.24, 2.45) is 0 Å². The van der Waals surface area contributed by atoms with Gasteiger partial charge in [0.05, 0.1) is 25.0 Å². The maximum atomic E-state index is 15.0. The van der Waals surface area contributed by atoms with Crippen molar-refractivity contribution in [1.29, 1.82) is 0 Å². The van der Waals surface area contributed by atoms with E-state index in [0.29, 0.717) is 17.9 Å². The van der Waals surface area contributed by atoms with E-state index in [4.69, 9.17) is 9.47 Å². The number of carbonyl (C=O) groups excluding carboxylic acids is 3. The fourth-order valence-corrected chi connectivity index (χ4v) is 5.07. The number of esters is 1. The molecule has 0 bridgehead atoms. The number of aliphatic hydroxyl groups is 1. The van der Waals surface area contributed by atoms with E-state index in [1.807, 2.05) is 6.92 Å².